The molecule has 1 aromatic rings. The number of amides is 1. The second-order valence-electron chi connectivity index (χ2n) is 3.69. The lowest BCUT2D eigenvalue weighted by molar-refractivity contribution is -0.137. The van der Waals surface area contributed by atoms with E-state index >= 15 is 0 Å². The molecule has 1 rings (SSSR count). The van der Waals surface area contributed by atoms with Gasteiger partial charge in [0.05, 0.1) is 12.3 Å². The van der Waals surface area contributed by atoms with Crippen LogP contribution in [0.3, 0.4) is 0 Å². The van der Waals surface area contributed by atoms with Crippen LogP contribution >= 0.6 is 23.8 Å². The first-order valence-electron chi connectivity index (χ1n) is 5.87. The van der Waals surface area contributed by atoms with Crippen molar-refractivity contribution in [2.75, 3.05) is 11.9 Å². The summed E-state index contributed by atoms with van der Waals surface area (Å²) in [6.45, 7) is 1.88. The van der Waals surface area contributed by atoms with Gasteiger partial charge < -0.3 is 15.2 Å². The summed E-state index contributed by atoms with van der Waals surface area (Å²) >= 11 is 10.7. The number of halogens is 1. The number of aromatic hydroxyl groups is 1. The highest BCUT2D eigenvalue weighted by Crippen LogP contribution is 2.26. The number of hydrogen-bond donors (Lipinski definition) is 3. The molecule has 0 aromatic heterocycles. The van der Waals surface area contributed by atoms with E-state index in [1.54, 1.807) is 6.92 Å². The molecule has 0 spiro atoms. The normalized spacial score (nSPS) is 10.2. The molecule has 0 atom stereocenters. The van der Waals surface area contributed by atoms with Crippen molar-refractivity contribution < 1.29 is 19.4 Å². The molecule has 0 aliphatic carbocycles. The van der Waals surface area contributed by atoms with Gasteiger partial charge in [0.15, 0.2) is 5.11 Å². The fourth-order valence-corrected chi connectivity index (χ4v) is 1.63. The lowest BCUT2D eigenvalue weighted by Crippen LogP contribution is -2.33. The monoisotopic (exact) mass is 328 g/mol. The number of phenolic OH excluding ortho intramolecular Hbond substituents is 1. The molecule has 3 N–H and O–H groups in total. The quantitative estimate of drug-likeness (QED) is 0.339. The van der Waals surface area contributed by atoms with Crippen molar-refractivity contribution in [1.29, 1.82) is 0 Å². The number of benzene rings is 1. The number of rotatable bonds is 4. The van der Waals surface area contributed by atoms with E-state index in [1.807, 2.05) is 0 Å². The number of carbonyl (C=O) groups is 2. The third-order valence-electron chi connectivity index (χ3n) is 2.10. The van der Waals surface area contributed by atoms with Gasteiger partial charge in [-0.3, -0.25) is 10.1 Å². The van der Waals surface area contributed by atoms with Crippen molar-refractivity contribution in [1.82, 2.24) is 5.32 Å². The molecule has 21 heavy (non-hydrogen) atoms. The van der Waals surface area contributed by atoms with Gasteiger partial charge >= 0.3 is 5.97 Å². The number of hydrogen-bond acceptors (Lipinski definition) is 5. The van der Waals surface area contributed by atoms with E-state index in [-0.39, 0.29) is 23.2 Å². The van der Waals surface area contributed by atoms with E-state index in [9.17, 15) is 14.7 Å². The number of ether oxygens (including phenoxy) is 1. The number of thiocarbonyl (C=S) groups is 1. The summed E-state index contributed by atoms with van der Waals surface area (Å²) in [6.07, 6.45) is 1.97. The van der Waals surface area contributed by atoms with Gasteiger partial charge in [-0.25, -0.2) is 4.79 Å². The minimum absolute atomic E-state index is 0.0499. The third-order valence-corrected chi connectivity index (χ3v) is 2.54. The van der Waals surface area contributed by atoms with Crippen LogP contribution in [0.15, 0.2) is 30.4 Å². The predicted octanol–water partition coefficient (Wildman–Crippen LogP) is 1.98. The van der Waals surface area contributed by atoms with Gasteiger partial charge in [-0.15, -0.1) is 0 Å². The number of carbonyl (C=O) groups excluding carboxylic acids is 2. The fourth-order valence-electron chi connectivity index (χ4n) is 1.25. The summed E-state index contributed by atoms with van der Waals surface area (Å²) in [6, 6.07) is 4.34. The van der Waals surface area contributed by atoms with Gasteiger partial charge in [0.1, 0.15) is 5.75 Å². The van der Waals surface area contributed by atoms with Crippen LogP contribution in [0.5, 0.6) is 5.75 Å². The minimum Gasteiger partial charge on any atom is -0.506 e. The maximum absolute atomic E-state index is 11.5. The maximum atomic E-state index is 11.5. The van der Waals surface area contributed by atoms with Crippen LogP contribution in [-0.4, -0.2) is 28.7 Å². The summed E-state index contributed by atoms with van der Waals surface area (Å²) in [5.41, 5.74) is 0.252. The van der Waals surface area contributed by atoms with Crippen molar-refractivity contribution in [3.05, 3.63) is 35.4 Å². The molecule has 0 saturated heterocycles. The molecule has 8 heteroatoms. The van der Waals surface area contributed by atoms with Gasteiger partial charge in [0.2, 0.25) is 5.91 Å². The molecular weight excluding hydrogens is 316 g/mol. The minimum atomic E-state index is -0.626. The Bertz CT molecular complexity index is 590. The molecule has 0 heterocycles. The zero-order valence-electron chi connectivity index (χ0n) is 11.1. The van der Waals surface area contributed by atoms with E-state index in [0.29, 0.717) is 5.02 Å². The van der Waals surface area contributed by atoms with Crippen LogP contribution < -0.4 is 10.6 Å². The summed E-state index contributed by atoms with van der Waals surface area (Å²) in [4.78, 5) is 22.5. The van der Waals surface area contributed by atoms with E-state index in [2.05, 4.69) is 15.4 Å². The first kappa shape index (κ1) is 16.9. The van der Waals surface area contributed by atoms with Gasteiger partial charge in [-0.2, -0.15) is 0 Å². The molecule has 112 valence electrons. The fraction of sp³-hybridized carbons (Fsp3) is 0.154. The third kappa shape index (κ3) is 6.24. The maximum Gasteiger partial charge on any atom is 0.330 e. The first-order chi connectivity index (χ1) is 9.92. The molecule has 0 aliphatic rings. The second kappa shape index (κ2) is 8.23. The zero-order valence-corrected chi connectivity index (χ0v) is 12.6. The van der Waals surface area contributed by atoms with E-state index in [4.69, 9.17) is 23.8 Å². The topological polar surface area (TPSA) is 87.7 Å². The Morgan fingerprint density at radius 2 is 2.14 bits per heavy atom. The van der Waals surface area contributed by atoms with E-state index in [0.717, 1.165) is 12.2 Å². The van der Waals surface area contributed by atoms with Crippen molar-refractivity contribution in [2.45, 2.75) is 6.92 Å². The molecule has 0 bridgehead atoms. The van der Waals surface area contributed by atoms with Crippen LogP contribution in [0, 0.1) is 0 Å². The number of anilines is 1. The van der Waals surface area contributed by atoms with Crippen molar-refractivity contribution in [3.8, 4) is 5.75 Å². The predicted molar refractivity (Wildman–Crippen MR) is 83.3 cm³/mol. The van der Waals surface area contributed by atoms with Gasteiger partial charge in [0, 0.05) is 17.2 Å². The highest BCUT2D eigenvalue weighted by Gasteiger charge is 2.06. The lowest BCUT2D eigenvalue weighted by atomic mass is 10.3. The van der Waals surface area contributed by atoms with Gasteiger partial charge in [-0.05, 0) is 37.3 Å². The SMILES string of the molecule is CCOC(=O)C=CC(=O)NC(=S)Nc1cc(Cl)ccc1O. The van der Waals surface area contributed by atoms with Crippen LogP contribution in [0.4, 0.5) is 5.69 Å². The summed E-state index contributed by atoms with van der Waals surface area (Å²) in [7, 11) is 0. The summed E-state index contributed by atoms with van der Waals surface area (Å²) in [5.74, 6) is -1.31. The smallest absolute Gasteiger partial charge is 0.330 e. The van der Waals surface area contributed by atoms with Crippen molar-refractivity contribution in [2.24, 2.45) is 0 Å². The Morgan fingerprint density at radius 1 is 1.43 bits per heavy atom. The van der Waals surface area contributed by atoms with E-state index < -0.39 is 11.9 Å². The Balaban J connectivity index is 2.55. The molecule has 6 nitrogen and oxygen atoms in total. The average molecular weight is 329 g/mol. The van der Waals surface area contributed by atoms with Crippen LogP contribution in [0.25, 0.3) is 0 Å². The lowest BCUT2D eigenvalue weighted by Gasteiger charge is -2.09. The molecule has 0 saturated carbocycles. The van der Waals surface area contributed by atoms with Gasteiger partial charge in [0.25, 0.3) is 0 Å². The van der Waals surface area contributed by atoms with Crippen molar-refractivity contribution in [3.63, 3.8) is 0 Å². The van der Waals surface area contributed by atoms with E-state index in [1.165, 1.54) is 18.2 Å². The number of nitrogens with one attached hydrogen (secondary N) is 2. The zero-order chi connectivity index (χ0) is 15.8. The first-order valence-corrected chi connectivity index (χ1v) is 6.66. The molecule has 0 unspecified atom stereocenters. The van der Waals surface area contributed by atoms with Crippen molar-refractivity contribution >= 4 is 46.5 Å². The Morgan fingerprint density at radius 3 is 2.81 bits per heavy atom. The largest absolute Gasteiger partial charge is 0.506 e. The molecular formula is C13H13ClN2O4S. The molecule has 0 radical (unpaired) electrons. The van der Waals surface area contributed by atoms with Crippen LogP contribution in [-0.2, 0) is 14.3 Å². The average Bonchev–Trinajstić information content (AvgIpc) is 2.41. The highest BCUT2D eigenvalue weighted by atomic mass is 35.5. The molecule has 1 aromatic carbocycles. The Labute approximate surface area is 131 Å². The number of esters is 1. The molecule has 0 fully saturated rings. The standard InChI is InChI=1S/C13H13ClN2O4S/c1-2-20-12(19)6-5-11(18)16-13(21)15-9-7-8(14)3-4-10(9)17/h3-7,17H,2H2,1H3,(H2,15,16,18,21). The summed E-state index contributed by atoms with van der Waals surface area (Å²) < 4.78 is 4.62. The second-order valence-corrected chi connectivity index (χ2v) is 4.53. The highest BCUT2D eigenvalue weighted by molar-refractivity contribution is 7.80. The summed E-state index contributed by atoms with van der Waals surface area (Å²) in [5, 5.41) is 14.8. The molecule has 0 aliphatic heterocycles. The van der Waals surface area contributed by atoms with Gasteiger partial charge in [-0.1, -0.05) is 11.6 Å². The Hall–Kier alpha value is -2.12. The Kier molecular flexibility index (Phi) is 6.64. The number of phenols is 1. The van der Waals surface area contributed by atoms with Crippen LogP contribution in [0.2, 0.25) is 5.02 Å². The van der Waals surface area contributed by atoms with Crippen LogP contribution in [0.1, 0.15) is 6.92 Å². The molecule has 1 amide bonds.